The van der Waals surface area contributed by atoms with Crippen LogP contribution in [0.1, 0.15) is 50.8 Å². The van der Waals surface area contributed by atoms with Gasteiger partial charge in [-0.1, -0.05) is 37.3 Å². The summed E-state index contributed by atoms with van der Waals surface area (Å²) in [5.41, 5.74) is 0.845. The van der Waals surface area contributed by atoms with Gasteiger partial charge < -0.3 is 14.3 Å². The molecule has 3 heterocycles. The number of aromatic nitrogens is 3. The zero-order valence-electron chi connectivity index (χ0n) is 16.6. The van der Waals surface area contributed by atoms with Crippen LogP contribution in [0.3, 0.4) is 0 Å². The van der Waals surface area contributed by atoms with Crippen LogP contribution in [0, 0.1) is 12.8 Å². The Balaban J connectivity index is 1.26. The van der Waals surface area contributed by atoms with Crippen molar-refractivity contribution in [3.8, 4) is 11.4 Å². The van der Waals surface area contributed by atoms with Crippen molar-refractivity contribution in [2.45, 2.75) is 51.9 Å². The van der Waals surface area contributed by atoms with Crippen LogP contribution in [-0.4, -0.2) is 52.1 Å². The predicted octanol–water partition coefficient (Wildman–Crippen LogP) is 3.45. The summed E-state index contributed by atoms with van der Waals surface area (Å²) in [7, 11) is 0. The van der Waals surface area contributed by atoms with E-state index in [0.717, 1.165) is 49.9 Å². The lowest BCUT2D eigenvalue weighted by molar-refractivity contribution is -0.131. The first-order chi connectivity index (χ1) is 13.7. The minimum absolute atomic E-state index is 0.320. The molecule has 1 saturated heterocycles. The van der Waals surface area contributed by atoms with Crippen molar-refractivity contribution in [3.05, 3.63) is 24.2 Å². The SMILES string of the molecule is Cc1nc(-c2ccc(N3CCN(C(=O)CCC4CCCCC4)CC3)nc2)no1. The molecule has 0 spiro atoms. The first-order valence-corrected chi connectivity index (χ1v) is 10.5. The lowest BCUT2D eigenvalue weighted by atomic mass is 9.86. The van der Waals surface area contributed by atoms with E-state index in [0.29, 0.717) is 24.0 Å². The smallest absolute Gasteiger partial charge is 0.223 e. The van der Waals surface area contributed by atoms with Gasteiger partial charge in [0.05, 0.1) is 0 Å². The molecule has 2 aromatic heterocycles. The van der Waals surface area contributed by atoms with Crippen molar-refractivity contribution >= 4 is 11.7 Å². The van der Waals surface area contributed by atoms with Gasteiger partial charge in [0.25, 0.3) is 0 Å². The summed E-state index contributed by atoms with van der Waals surface area (Å²) in [6.07, 6.45) is 10.2. The van der Waals surface area contributed by atoms with Gasteiger partial charge in [0, 0.05) is 51.3 Å². The molecule has 0 aromatic carbocycles. The van der Waals surface area contributed by atoms with E-state index < -0.39 is 0 Å². The number of pyridine rings is 1. The van der Waals surface area contributed by atoms with Gasteiger partial charge in [0.15, 0.2) is 0 Å². The molecule has 0 bridgehead atoms. The highest BCUT2D eigenvalue weighted by molar-refractivity contribution is 5.76. The van der Waals surface area contributed by atoms with Gasteiger partial charge in [-0.15, -0.1) is 0 Å². The normalized spacial score (nSPS) is 18.5. The summed E-state index contributed by atoms with van der Waals surface area (Å²) < 4.78 is 5.02. The maximum Gasteiger partial charge on any atom is 0.223 e. The maximum atomic E-state index is 12.6. The van der Waals surface area contributed by atoms with Crippen LogP contribution in [0.25, 0.3) is 11.4 Å². The Bertz CT molecular complexity index is 774. The third-order valence-corrected chi connectivity index (χ3v) is 5.98. The van der Waals surface area contributed by atoms with Crippen LogP contribution in [-0.2, 0) is 4.79 Å². The highest BCUT2D eigenvalue weighted by atomic mass is 16.5. The standard InChI is InChI=1S/C21H29N5O2/c1-16-23-21(24-28-16)18-8-9-19(22-15-18)25-11-13-26(14-12-25)20(27)10-7-17-5-3-2-4-6-17/h8-9,15,17H,2-7,10-14H2,1H3. The number of anilines is 1. The van der Waals surface area contributed by atoms with E-state index in [9.17, 15) is 4.79 Å². The molecule has 150 valence electrons. The maximum absolute atomic E-state index is 12.6. The van der Waals surface area contributed by atoms with E-state index in [-0.39, 0.29) is 0 Å². The molecule has 0 atom stereocenters. The third-order valence-electron chi connectivity index (χ3n) is 5.98. The number of hydrogen-bond donors (Lipinski definition) is 0. The number of nitrogens with zero attached hydrogens (tertiary/aromatic N) is 5. The summed E-state index contributed by atoms with van der Waals surface area (Å²) in [4.78, 5) is 25.6. The number of piperazine rings is 1. The Morgan fingerprint density at radius 2 is 1.93 bits per heavy atom. The fraction of sp³-hybridized carbons (Fsp3) is 0.619. The summed E-state index contributed by atoms with van der Waals surface area (Å²) in [6, 6.07) is 3.95. The summed E-state index contributed by atoms with van der Waals surface area (Å²) in [5, 5.41) is 3.92. The molecule has 2 aromatic rings. The van der Waals surface area contributed by atoms with E-state index in [1.807, 2.05) is 17.0 Å². The van der Waals surface area contributed by atoms with Crippen LogP contribution in [0.5, 0.6) is 0 Å². The monoisotopic (exact) mass is 383 g/mol. The van der Waals surface area contributed by atoms with Crippen molar-refractivity contribution in [3.63, 3.8) is 0 Å². The van der Waals surface area contributed by atoms with Gasteiger partial charge >= 0.3 is 0 Å². The Hall–Kier alpha value is -2.44. The van der Waals surface area contributed by atoms with Crippen molar-refractivity contribution in [2.75, 3.05) is 31.1 Å². The van der Waals surface area contributed by atoms with Crippen LogP contribution < -0.4 is 4.90 Å². The molecule has 0 unspecified atom stereocenters. The first-order valence-electron chi connectivity index (χ1n) is 10.5. The second-order valence-corrected chi connectivity index (χ2v) is 7.95. The predicted molar refractivity (Wildman–Crippen MR) is 107 cm³/mol. The highest BCUT2D eigenvalue weighted by Gasteiger charge is 2.23. The van der Waals surface area contributed by atoms with Crippen molar-refractivity contribution in [2.24, 2.45) is 5.92 Å². The first kappa shape index (κ1) is 18.9. The van der Waals surface area contributed by atoms with Gasteiger partial charge in [0.1, 0.15) is 5.82 Å². The second-order valence-electron chi connectivity index (χ2n) is 7.95. The van der Waals surface area contributed by atoms with Crippen LogP contribution in [0.15, 0.2) is 22.9 Å². The Morgan fingerprint density at radius 3 is 2.57 bits per heavy atom. The average molecular weight is 383 g/mol. The van der Waals surface area contributed by atoms with Crippen molar-refractivity contribution < 1.29 is 9.32 Å². The van der Waals surface area contributed by atoms with Crippen LogP contribution in [0.2, 0.25) is 0 Å². The largest absolute Gasteiger partial charge is 0.353 e. The minimum Gasteiger partial charge on any atom is -0.353 e. The molecule has 1 aliphatic heterocycles. The molecule has 28 heavy (non-hydrogen) atoms. The molecule has 7 heteroatoms. The van der Waals surface area contributed by atoms with Crippen LogP contribution in [0.4, 0.5) is 5.82 Å². The van der Waals surface area contributed by atoms with Crippen molar-refractivity contribution in [1.29, 1.82) is 0 Å². The molecular formula is C21H29N5O2. The Labute approximate surface area is 166 Å². The number of hydrogen-bond acceptors (Lipinski definition) is 6. The molecule has 0 N–H and O–H groups in total. The summed E-state index contributed by atoms with van der Waals surface area (Å²) in [5.74, 6) is 3.12. The number of carbonyl (C=O) groups excluding carboxylic acids is 1. The van der Waals surface area contributed by atoms with Gasteiger partial charge in [-0.2, -0.15) is 4.98 Å². The van der Waals surface area contributed by atoms with E-state index >= 15 is 0 Å². The Kier molecular flexibility index (Phi) is 5.88. The lowest BCUT2D eigenvalue weighted by Crippen LogP contribution is -2.49. The zero-order valence-corrected chi connectivity index (χ0v) is 16.6. The fourth-order valence-corrected chi connectivity index (χ4v) is 4.27. The molecule has 2 aliphatic rings. The summed E-state index contributed by atoms with van der Waals surface area (Å²) >= 11 is 0. The third kappa shape index (κ3) is 4.51. The number of carbonyl (C=O) groups is 1. The molecule has 4 rings (SSSR count). The highest BCUT2D eigenvalue weighted by Crippen LogP contribution is 2.27. The molecular weight excluding hydrogens is 354 g/mol. The molecule has 2 fully saturated rings. The quantitative estimate of drug-likeness (QED) is 0.787. The number of aryl methyl sites for hydroxylation is 1. The van der Waals surface area contributed by atoms with Gasteiger partial charge in [-0.25, -0.2) is 4.98 Å². The fourth-order valence-electron chi connectivity index (χ4n) is 4.27. The second kappa shape index (κ2) is 8.71. The van der Waals surface area contributed by atoms with Crippen LogP contribution >= 0.6 is 0 Å². The van der Waals surface area contributed by atoms with E-state index in [1.165, 1.54) is 32.1 Å². The number of amides is 1. The van der Waals surface area contributed by atoms with E-state index in [2.05, 4.69) is 20.0 Å². The molecule has 1 amide bonds. The van der Waals surface area contributed by atoms with Gasteiger partial charge in [-0.05, 0) is 24.5 Å². The minimum atomic E-state index is 0.320. The Morgan fingerprint density at radius 1 is 1.14 bits per heavy atom. The molecule has 0 radical (unpaired) electrons. The topological polar surface area (TPSA) is 75.4 Å². The molecule has 1 aliphatic carbocycles. The van der Waals surface area contributed by atoms with Crippen molar-refractivity contribution in [1.82, 2.24) is 20.0 Å². The average Bonchev–Trinajstić information content (AvgIpc) is 3.19. The molecule has 7 nitrogen and oxygen atoms in total. The zero-order chi connectivity index (χ0) is 19.3. The van der Waals surface area contributed by atoms with E-state index in [4.69, 9.17) is 4.52 Å². The van der Waals surface area contributed by atoms with Gasteiger partial charge in [0.2, 0.25) is 17.6 Å². The van der Waals surface area contributed by atoms with Gasteiger partial charge in [-0.3, -0.25) is 4.79 Å². The van der Waals surface area contributed by atoms with E-state index in [1.54, 1.807) is 13.1 Å². The molecule has 1 saturated carbocycles. The number of rotatable bonds is 5. The summed E-state index contributed by atoms with van der Waals surface area (Å²) in [6.45, 7) is 4.97. The lowest BCUT2D eigenvalue weighted by Gasteiger charge is -2.35.